The molecule has 7 nitrogen and oxygen atoms in total. The smallest absolute Gasteiger partial charge is 0.338 e. The average molecular weight is 731 g/mol. The van der Waals surface area contributed by atoms with E-state index in [1.54, 1.807) is 50.3 Å². The van der Waals surface area contributed by atoms with Gasteiger partial charge in [0.1, 0.15) is 29.1 Å². The van der Waals surface area contributed by atoms with Crippen LogP contribution in [0.15, 0.2) is 96.6 Å². The summed E-state index contributed by atoms with van der Waals surface area (Å²) in [6.07, 6.45) is 1.68. The number of ether oxygens (including phenoxy) is 1. The van der Waals surface area contributed by atoms with Gasteiger partial charge in [0.25, 0.3) is 5.56 Å². The third-order valence-corrected chi connectivity index (χ3v) is 9.09. The quantitative estimate of drug-likeness (QED) is 0.136. The third kappa shape index (κ3) is 5.42. The van der Waals surface area contributed by atoms with Gasteiger partial charge in [-0.05, 0) is 91.0 Å². The zero-order chi connectivity index (χ0) is 29.5. The van der Waals surface area contributed by atoms with Gasteiger partial charge in [-0.3, -0.25) is 9.36 Å². The monoisotopic (exact) mass is 730 g/mol. The van der Waals surface area contributed by atoms with Gasteiger partial charge >= 0.3 is 5.97 Å². The van der Waals surface area contributed by atoms with Crippen LogP contribution in [-0.2, 0) is 9.53 Å². The summed E-state index contributed by atoms with van der Waals surface area (Å²) in [5.74, 6) is 1.52. The topological polar surface area (TPSA) is 86.9 Å². The molecule has 0 fully saturated rings. The van der Waals surface area contributed by atoms with Crippen LogP contribution in [0.2, 0.25) is 10.0 Å². The number of thiazole rings is 1. The Labute approximate surface area is 267 Å². The molecule has 1 aliphatic heterocycles. The molecular formula is C31H21Cl2IN2O5S. The molecule has 11 heteroatoms. The molecule has 212 valence electrons. The number of aromatic nitrogens is 1. The number of benzene rings is 2. The maximum atomic E-state index is 13.9. The van der Waals surface area contributed by atoms with E-state index < -0.39 is 12.0 Å². The van der Waals surface area contributed by atoms with Crippen molar-refractivity contribution in [1.29, 1.82) is 0 Å². The van der Waals surface area contributed by atoms with Crippen molar-refractivity contribution in [2.45, 2.75) is 19.9 Å². The number of hydrogen-bond acceptors (Lipinski definition) is 7. The number of esters is 1. The molecule has 0 amide bonds. The van der Waals surface area contributed by atoms with Crippen LogP contribution in [0.4, 0.5) is 0 Å². The van der Waals surface area contributed by atoms with Crippen LogP contribution in [0.1, 0.15) is 31.4 Å². The normalized spacial score (nSPS) is 15.1. The van der Waals surface area contributed by atoms with Crippen LogP contribution in [0.5, 0.6) is 0 Å². The zero-order valence-electron chi connectivity index (χ0n) is 22.2. The highest BCUT2D eigenvalue weighted by molar-refractivity contribution is 14.1. The Bertz CT molecular complexity index is 2050. The van der Waals surface area contributed by atoms with Gasteiger partial charge in [-0.2, -0.15) is 0 Å². The van der Waals surface area contributed by atoms with E-state index >= 15 is 0 Å². The van der Waals surface area contributed by atoms with Crippen LogP contribution in [-0.4, -0.2) is 17.1 Å². The summed E-state index contributed by atoms with van der Waals surface area (Å²) < 4.78 is 20.6. The lowest BCUT2D eigenvalue weighted by molar-refractivity contribution is -0.139. The molecule has 0 aliphatic carbocycles. The molecule has 6 rings (SSSR count). The number of carbonyl (C=O) groups is 1. The van der Waals surface area contributed by atoms with E-state index in [2.05, 4.69) is 27.6 Å². The standard InChI is InChI=1S/C31H21Cl2IN2O5S/c1-3-39-30(38)27-16(2)35-31-36(28(27)25-13-12-24(41-25)18-6-10-21(32)22(33)14-18)29(37)26(42-31)15-20-9-11-23(40-20)17-4-7-19(34)8-5-17/h4-15,28H,3H2,1-2H3/b26-15-/t28-/m0/s1. The molecule has 5 aromatic rings. The fourth-order valence-corrected chi connectivity index (χ4v) is 6.38. The van der Waals surface area contributed by atoms with Gasteiger partial charge in [0.2, 0.25) is 0 Å². The summed E-state index contributed by atoms with van der Waals surface area (Å²) in [6, 6.07) is 19.4. The molecule has 0 saturated carbocycles. The lowest BCUT2D eigenvalue weighted by Crippen LogP contribution is -2.39. The summed E-state index contributed by atoms with van der Waals surface area (Å²) in [5.41, 5.74) is 1.96. The summed E-state index contributed by atoms with van der Waals surface area (Å²) >= 11 is 15.8. The molecule has 0 N–H and O–H groups in total. The Morgan fingerprint density at radius 1 is 1.02 bits per heavy atom. The summed E-state index contributed by atoms with van der Waals surface area (Å²) in [4.78, 5) is 32.1. The molecule has 42 heavy (non-hydrogen) atoms. The Balaban J connectivity index is 1.46. The highest BCUT2D eigenvalue weighted by Gasteiger charge is 2.35. The number of carbonyl (C=O) groups excluding carboxylic acids is 1. The Hall–Kier alpha value is -3.38. The minimum absolute atomic E-state index is 0.167. The number of nitrogens with zero attached hydrogens (tertiary/aromatic N) is 2. The first kappa shape index (κ1) is 28.7. The first-order chi connectivity index (χ1) is 20.2. The van der Waals surface area contributed by atoms with Crippen LogP contribution in [0.3, 0.4) is 0 Å². The summed E-state index contributed by atoms with van der Waals surface area (Å²) in [5, 5.41) is 0.802. The van der Waals surface area contributed by atoms with E-state index in [4.69, 9.17) is 36.8 Å². The maximum Gasteiger partial charge on any atom is 0.338 e. The number of hydrogen-bond donors (Lipinski definition) is 0. The maximum absolute atomic E-state index is 13.9. The highest BCUT2D eigenvalue weighted by atomic mass is 127. The largest absolute Gasteiger partial charge is 0.463 e. The van der Waals surface area contributed by atoms with Crippen molar-refractivity contribution < 1.29 is 18.4 Å². The van der Waals surface area contributed by atoms with Crippen molar-refractivity contribution in [3.05, 3.63) is 123 Å². The number of rotatable bonds is 6. The summed E-state index contributed by atoms with van der Waals surface area (Å²) in [7, 11) is 0. The fourth-order valence-electron chi connectivity index (χ4n) is 4.69. The van der Waals surface area contributed by atoms with Gasteiger partial charge in [-0.1, -0.05) is 46.7 Å². The minimum Gasteiger partial charge on any atom is -0.463 e. The third-order valence-electron chi connectivity index (χ3n) is 6.65. The van der Waals surface area contributed by atoms with E-state index in [1.165, 1.54) is 15.9 Å². The van der Waals surface area contributed by atoms with Crippen molar-refractivity contribution >= 4 is 69.2 Å². The van der Waals surface area contributed by atoms with Crippen LogP contribution in [0.25, 0.3) is 28.7 Å². The molecule has 1 aliphatic rings. The lowest BCUT2D eigenvalue weighted by atomic mass is 10.0. The zero-order valence-corrected chi connectivity index (χ0v) is 26.7. The number of furan rings is 2. The number of halogens is 3. The molecule has 0 saturated heterocycles. The predicted octanol–water partition coefficient (Wildman–Crippen LogP) is 7.23. The second-order valence-electron chi connectivity index (χ2n) is 9.34. The molecule has 3 aromatic heterocycles. The van der Waals surface area contributed by atoms with Crippen molar-refractivity contribution in [3.63, 3.8) is 0 Å². The average Bonchev–Trinajstić information content (AvgIpc) is 3.70. The Morgan fingerprint density at radius 3 is 2.48 bits per heavy atom. The number of fused-ring (bicyclic) bond motifs is 1. The fraction of sp³-hybridized carbons (Fsp3) is 0.129. The van der Waals surface area contributed by atoms with Gasteiger partial charge in [0.15, 0.2) is 4.80 Å². The van der Waals surface area contributed by atoms with E-state index in [0.717, 1.165) is 9.13 Å². The van der Waals surface area contributed by atoms with Crippen LogP contribution < -0.4 is 14.9 Å². The first-order valence-corrected chi connectivity index (χ1v) is 15.5. The molecular weight excluding hydrogens is 710 g/mol. The molecule has 0 spiro atoms. The van der Waals surface area contributed by atoms with E-state index in [-0.39, 0.29) is 17.7 Å². The SMILES string of the molecule is CCOC(=O)C1=C(C)N=c2s/c(=C\c3ccc(-c4ccc(I)cc4)o3)c(=O)n2[C@H]1c1ccc(-c2ccc(Cl)c(Cl)c2)o1. The predicted molar refractivity (Wildman–Crippen MR) is 171 cm³/mol. The molecule has 0 bridgehead atoms. The molecule has 1 atom stereocenters. The van der Waals surface area contributed by atoms with Crippen molar-refractivity contribution in [2.75, 3.05) is 6.61 Å². The lowest BCUT2D eigenvalue weighted by Gasteiger charge is -2.22. The van der Waals surface area contributed by atoms with Gasteiger partial charge in [-0.25, -0.2) is 9.79 Å². The second-order valence-corrected chi connectivity index (χ2v) is 12.4. The molecule has 4 heterocycles. The van der Waals surface area contributed by atoms with Gasteiger partial charge in [0, 0.05) is 20.8 Å². The van der Waals surface area contributed by atoms with E-state index in [1.807, 2.05) is 36.4 Å². The Kier molecular flexibility index (Phi) is 8.01. The van der Waals surface area contributed by atoms with Gasteiger partial charge in [-0.15, -0.1) is 0 Å². The highest BCUT2D eigenvalue weighted by Crippen LogP contribution is 2.35. The second kappa shape index (κ2) is 11.7. The van der Waals surface area contributed by atoms with Crippen molar-refractivity contribution in [3.8, 4) is 22.6 Å². The Morgan fingerprint density at radius 2 is 1.74 bits per heavy atom. The van der Waals surface area contributed by atoms with E-state index in [9.17, 15) is 9.59 Å². The molecule has 0 unspecified atom stereocenters. The first-order valence-electron chi connectivity index (χ1n) is 12.8. The van der Waals surface area contributed by atoms with Gasteiger partial charge in [0.05, 0.1) is 32.5 Å². The minimum atomic E-state index is -0.891. The molecule has 2 aromatic carbocycles. The van der Waals surface area contributed by atoms with Crippen LogP contribution in [0, 0.1) is 3.57 Å². The van der Waals surface area contributed by atoms with E-state index in [0.29, 0.717) is 53.7 Å². The number of allylic oxidation sites excluding steroid dienone is 1. The van der Waals surface area contributed by atoms with Crippen LogP contribution >= 0.6 is 57.1 Å². The summed E-state index contributed by atoms with van der Waals surface area (Å²) in [6.45, 7) is 3.61. The van der Waals surface area contributed by atoms with Crippen molar-refractivity contribution in [1.82, 2.24) is 4.57 Å². The van der Waals surface area contributed by atoms with Crippen molar-refractivity contribution in [2.24, 2.45) is 4.99 Å². The molecule has 0 radical (unpaired) electrons. The van der Waals surface area contributed by atoms with Gasteiger partial charge < -0.3 is 13.6 Å².